The smallest absolute Gasteiger partial charge is 0.227 e. The Hall–Kier alpha value is -3.87. The minimum absolute atomic E-state index is 0.00343. The zero-order valence-electron chi connectivity index (χ0n) is 19.4. The van der Waals surface area contributed by atoms with Crippen molar-refractivity contribution in [2.45, 2.75) is 18.9 Å². The molecule has 1 aromatic heterocycles. The highest BCUT2D eigenvalue weighted by Gasteiger charge is 2.41. The Labute approximate surface area is 199 Å². The summed E-state index contributed by atoms with van der Waals surface area (Å²) in [6, 6.07) is 20.8. The van der Waals surface area contributed by atoms with Crippen molar-refractivity contribution in [2.24, 2.45) is 5.92 Å². The van der Waals surface area contributed by atoms with Gasteiger partial charge < -0.3 is 19.7 Å². The van der Waals surface area contributed by atoms with Crippen molar-refractivity contribution in [2.75, 3.05) is 27.3 Å². The van der Waals surface area contributed by atoms with Crippen molar-refractivity contribution in [1.82, 2.24) is 15.2 Å². The van der Waals surface area contributed by atoms with Gasteiger partial charge in [-0.3, -0.25) is 14.6 Å². The number of nitrogens with one attached hydrogen (secondary N) is 1. The number of benzene rings is 2. The zero-order chi connectivity index (χ0) is 23.9. The summed E-state index contributed by atoms with van der Waals surface area (Å²) in [4.78, 5) is 32.5. The van der Waals surface area contributed by atoms with Crippen LogP contribution in [-0.4, -0.2) is 49.0 Å². The van der Waals surface area contributed by atoms with Crippen molar-refractivity contribution in [1.29, 1.82) is 0 Å². The normalized spacial score (nSPS) is 17.3. The van der Waals surface area contributed by atoms with Gasteiger partial charge in [0.1, 0.15) is 11.5 Å². The molecule has 7 nitrogen and oxygen atoms in total. The molecule has 0 radical (unpaired) electrons. The molecule has 0 bridgehead atoms. The molecule has 3 aromatic rings. The molecule has 0 spiro atoms. The first-order chi connectivity index (χ1) is 16.6. The quantitative estimate of drug-likeness (QED) is 0.560. The Kier molecular flexibility index (Phi) is 7.42. The molecule has 1 saturated heterocycles. The van der Waals surface area contributed by atoms with Gasteiger partial charge in [0.2, 0.25) is 11.8 Å². The second-order valence-corrected chi connectivity index (χ2v) is 8.32. The first kappa shape index (κ1) is 23.3. The van der Waals surface area contributed by atoms with Gasteiger partial charge in [-0.1, -0.05) is 42.5 Å². The number of pyridine rings is 1. The van der Waals surface area contributed by atoms with Crippen LogP contribution in [0.2, 0.25) is 0 Å². The molecule has 1 aliphatic heterocycles. The number of rotatable bonds is 8. The molecule has 0 saturated carbocycles. The first-order valence-corrected chi connectivity index (χ1v) is 11.3. The minimum Gasteiger partial charge on any atom is -0.497 e. The molecular formula is C27H29N3O4. The van der Waals surface area contributed by atoms with Crippen LogP contribution in [0, 0.1) is 5.92 Å². The topological polar surface area (TPSA) is 80.8 Å². The lowest BCUT2D eigenvalue weighted by Crippen LogP contribution is -2.35. The van der Waals surface area contributed by atoms with Gasteiger partial charge in [0.15, 0.2) is 0 Å². The Bertz CT molecular complexity index is 1120. The molecule has 7 heteroatoms. The van der Waals surface area contributed by atoms with E-state index in [4.69, 9.17) is 9.47 Å². The highest BCUT2D eigenvalue weighted by atomic mass is 16.5. The van der Waals surface area contributed by atoms with Crippen LogP contribution in [0.15, 0.2) is 72.9 Å². The van der Waals surface area contributed by atoms with Crippen LogP contribution in [0.5, 0.6) is 11.5 Å². The van der Waals surface area contributed by atoms with Gasteiger partial charge in [0, 0.05) is 36.8 Å². The molecule has 1 fully saturated rings. The van der Waals surface area contributed by atoms with Crippen LogP contribution >= 0.6 is 0 Å². The van der Waals surface area contributed by atoms with E-state index in [0.29, 0.717) is 37.6 Å². The lowest BCUT2D eigenvalue weighted by Gasteiger charge is -2.21. The van der Waals surface area contributed by atoms with Gasteiger partial charge in [-0.2, -0.15) is 0 Å². The Morgan fingerprint density at radius 1 is 1.00 bits per heavy atom. The molecule has 0 aliphatic carbocycles. The average molecular weight is 460 g/mol. The van der Waals surface area contributed by atoms with E-state index in [0.717, 1.165) is 16.8 Å². The van der Waals surface area contributed by atoms with E-state index in [9.17, 15) is 9.59 Å². The maximum absolute atomic E-state index is 13.3. The SMILES string of the molecule is COc1ccc(C2CN(C(=O)Cc3ccccc3)CC2C(=O)NCc2ccccn2)c(OC)c1. The van der Waals surface area contributed by atoms with Gasteiger partial charge in [-0.05, 0) is 23.8 Å². The fourth-order valence-electron chi connectivity index (χ4n) is 4.41. The molecule has 1 N–H and O–H groups in total. The van der Waals surface area contributed by atoms with Crippen LogP contribution in [0.25, 0.3) is 0 Å². The van der Waals surface area contributed by atoms with E-state index >= 15 is 0 Å². The van der Waals surface area contributed by atoms with Gasteiger partial charge in [0.25, 0.3) is 0 Å². The molecule has 4 rings (SSSR count). The standard InChI is InChI=1S/C27H29N3O4/c1-33-21-11-12-22(25(15-21)34-2)23-17-30(26(31)14-19-8-4-3-5-9-19)18-24(23)27(32)29-16-20-10-6-7-13-28-20/h3-13,15,23-24H,14,16-18H2,1-2H3,(H,29,32). The number of carbonyl (C=O) groups excluding carboxylic acids is 2. The number of aromatic nitrogens is 1. The number of ether oxygens (including phenoxy) is 2. The summed E-state index contributed by atoms with van der Waals surface area (Å²) in [6.45, 7) is 1.12. The fourth-order valence-corrected chi connectivity index (χ4v) is 4.41. The average Bonchev–Trinajstić information content (AvgIpc) is 3.33. The van der Waals surface area contributed by atoms with Gasteiger partial charge >= 0.3 is 0 Å². The van der Waals surface area contributed by atoms with Crippen LogP contribution < -0.4 is 14.8 Å². The number of likely N-dealkylation sites (tertiary alicyclic amines) is 1. The van der Waals surface area contributed by atoms with Crippen LogP contribution in [0.3, 0.4) is 0 Å². The molecule has 2 atom stereocenters. The van der Waals surface area contributed by atoms with Crippen LogP contribution in [0.4, 0.5) is 0 Å². The highest BCUT2D eigenvalue weighted by molar-refractivity contribution is 5.84. The third-order valence-corrected chi connectivity index (χ3v) is 6.22. The number of amides is 2. The maximum Gasteiger partial charge on any atom is 0.227 e. The van der Waals surface area contributed by atoms with E-state index in [1.165, 1.54) is 0 Å². The van der Waals surface area contributed by atoms with Gasteiger partial charge in [-0.25, -0.2) is 0 Å². The summed E-state index contributed by atoms with van der Waals surface area (Å²) < 4.78 is 11.0. The number of hydrogen-bond donors (Lipinski definition) is 1. The zero-order valence-corrected chi connectivity index (χ0v) is 19.4. The first-order valence-electron chi connectivity index (χ1n) is 11.3. The largest absolute Gasteiger partial charge is 0.497 e. The summed E-state index contributed by atoms with van der Waals surface area (Å²) >= 11 is 0. The second kappa shape index (κ2) is 10.8. The molecule has 176 valence electrons. The van der Waals surface area contributed by atoms with Gasteiger partial charge in [0.05, 0.1) is 38.8 Å². The Balaban J connectivity index is 1.56. The van der Waals surface area contributed by atoms with E-state index in [1.807, 2.05) is 66.7 Å². The predicted molar refractivity (Wildman–Crippen MR) is 129 cm³/mol. The Morgan fingerprint density at radius 2 is 1.79 bits per heavy atom. The summed E-state index contributed by atoms with van der Waals surface area (Å²) in [5.74, 6) is 0.596. The molecule has 34 heavy (non-hydrogen) atoms. The Morgan fingerprint density at radius 3 is 2.50 bits per heavy atom. The van der Waals surface area contributed by atoms with Crippen LogP contribution in [0.1, 0.15) is 22.7 Å². The van der Waals surface area contributed by atoms with E-state index in [2.05, 4.69) is 10.3 Å². The summed E-state index contributed by atoms with van der Waals surface area (Å²) in [5, 5.41) is 3.00. The monoisotopic (exact) mass is 459 g/mol. The molecule has 2 aromatic carbocycles. The highest BCUT2D eigenvalue weighted by Crippen LogP contribution is 2.39. The van der Waals surface area contributed by atoms with E-state index in [-0.39, 0.29) is 17.7 Å². The number of nitrogens with zero attached hydrogens (tertiary/aromatic N) is 2. The van der Waals surface area contributed by atoms with Crippen molar-refractivity contribution < 1.29 is 19.1 Å². The lowest BCUT2D eigenvalue weighted by molar-refractivity contribution is -0.130. The van der Waals surface area contributed by atoms with E-state index < -0.39 is 5.92 Å². The predicted octanol–water partition coefficient (Wildman–Crippen LogP) is 3.20. The number of methoxy groups -OCH3 is 2. The summed E-state index contributed by atoms with van der Waals surface area (Å²) in [7, 11) is 3.20. The summed E-state index contributed by atoms with van der Waals surface area (Å²) in [6.07, 6.45) is 2.00. The molecule has 2 amide bonds. The third-order valence-electron chi connectivity index (χ3n) is 6.22. The summed E-state index contributed by atoms with van der Waals surface area (Å²) in [5.41, 5.74) is 2.62. The lowest BCUT2D eigenvalue weighted by atomic mass is 9.87. The molecule has 2 unspecified atom stereocenters. The molecule has 2 heterocycles. The van der Waals surface area contributed by atoms with E-state index in [1.54, 1.807) is 25.3 Å². The minimum atomic E-state index is -0.411. The second-order valence-electron chi connectivity index (χ2n) is 8.32. The van der Waals surface area contributed by atoms with Crippen LogP contribution in [-0.2, 0) is 22.6 Å². The van der Waals surface area contributed by atoms with Crippen molar-refractivity contribution in [3.63, 3.8) is 0 Å². The fraction of sp³-hybridized carbons (Fsp3) is 0.296. The number of hydrogen-bond acceptors (Lipinski definition) is 5. The van der Waals surface area contributed by atoms with Crippen molar-refractivity contribution >= 4 is 11.8 Å². The van der Waals surface area contributed by atoms with Crippen molar-refractivity contribution in [3.05, 3.63) is 89.7 Å². The third kappa shape index (κ3) is 5.36. The van der Waals surface area contributed by atoms with Crippen molar-refractivity contribution in [3.8, 4) is 11.5 Å². The molecular weight excluding hydrogens is 430 g/mol. The molecule has 1 aliphatic rings. The number of carbonyl (C=O) groups is 2. The maximum atomic E-state index is 13.3. The van der Waals surface area contributed by atoms with Gasteiger partial charge in [-0.15, -0.1) is 0 Å².